The van der Waals surface area contributed by atoms with Gasteiger partial charge < -0.3 is 9.51 Å². The van der Waals surface area contributed by atoms with E-state index in [1.165, 1.54) is 0 Å². The molecule has 4 heteroatoms. The highest BCUT2D eigenvalue weighted by molar-refractivity contribution is 6.16. The van der Waals surface area contributed by atoms with E-state index >= 15 is 0 Å². The molecule has 3 nitrogen and oxygen atoms in total. The molecule has 0 amide bonds. The summed E-state index contributed by atoms with van der Waals surface area (Å²) in [6.45, 7) is 0.0460. The molecule has 0 atom stereocenters. The lowest BCUT2D eigenvalue weighted by Gasteiger charge is -1.96. The van der Waals surface area contributed by atoms with Gasteiger partial charge in [0.1, 0.15) is 5.65 Å². The van der Waals surface area contributed by atoms with Gasteiger partial charge in [-0.05, 0) is 11.6 Å². The first-order valence-electron chi connectivity index (χ1n) is 3.97. The van der Waals surface area contributed by atoms with Crippen LogP contribution in [-0.2, 0) is 12.5 Å². The van der Waals surface area contributed by atoms with Gasteiger partial charge in [0.05, 0.1) is 18.2 Å². The molecule has 0 saturated heterocycles. The Morgan fingerprint density at radius 3 is 2.92 bits per heavy atom. The zero-order valence-electron chi connectivity index (χ0n) is 6.94. The van der Waals surface area contributed by atoms with Gasteiger partial charge in [0.15, 0.2) is 0 Å². The minimum absolute atomic E-state index is 0.0460. The number of fused-ring (bicyclic) bond motifs is 1. The minimum atomic E-state index is 0.0460. The number of nitrogens with zero attached hydrogens (tertiary/aromatic N) is 2. The Labute approximate surface area is 80.6 Å². The molecule has 0 bridgehead atoms. The van der Waals surface area contributed by atoms with Crippen LogP contribution in [0, 0.1) is 0 Å². The molecule has 2 rings (SSSR count). The van der Waals surface area contributed by atoms with Crippen LogP contribution in [0.3, 0.4) is 0 Å². The van der Waals surface area contributed by atoms with Crippen molar-refractivity contribution in [3.63, 3.8) is 0 Å². The molecule has 2 heterocycles. The summed E-state index contributed by atoms with van der Waals surface area (Å²) in [6, 6.07) is 3.71. The summed E-state index contributed by atoms with van der Waals surface area (Å²) >= 11 is 5.65. The third kappa shape index (κ3) is 1.53. The second kappa shape index (κ2) is 3.36. The molecule has 0 aliphatic carbocycles. The van der Waals surface area contributed by atoms with Crippen molar-refractivity contribution in [3.8, 4) is 0 Å². The van der Waals surface area contributed by atoms with E-state index in [0.717, 1.165) is 16.9 Å². The normalized spacial score (nSPS) is 10.9. The Bertz CT molecular complexity index is 422. The number of aliphatic hydroxyl groups is 1. The summed E-state index contributed by atoms with van der Waals surface area (Å²) in [5, 5.41) is 8.90. The fraction of sp³-hybridized carbons (Fsp3) is 0.222. The van der Waals surface area contributed by atoms with E-state index in [-0.39, 0.29) is 6.61 Å². The number of imidazole rings is 1. The number of pyridine rings is 1. The number of aromatic nitrogens is 2. The van der Waals surface area contributed by atoms with Crippen LogP contribution >= 0.6 is 11.6 Å². The fourth-order valence-corrected chi connectivity index (χ4v) is 1.38. The molecule has 0 aliphatic rings. The summed E-state index contributed by atoms with van der Waals surface area (Å²) < 4.78 is 1.86. The van der Waals surface area contributed by atoms with Crippen molar-refractivity contribution in [3.05, 3.63) is 35.8 Å². The molecule has 2 aromatic heterocycles. The van der Waals surface area contributed by atoms with Gasteiger partial charge in [-0.15, -0.1) is 11.6 Å². The quantitative estimate of drug-likeness (QED) is 0.741. The van der Waals surface area contributed by atoms with Gasteiger partial charge in [0.25, 0.3) is 0 Å². The van der Waals surface area contributed by atoms with E-state index in [1.807, 2.05) is 28.9 Å². The van der Waals surface area contributed by atoms with Gasteiger partial charge >= 0.3 is 0 Å². The highest BCUT2D eigenvalue weighted by Crippen LogP contribution is 2.09. The van der Waals surface area contributed by atoms with Crippen molar-refractivity contribution in [1.82, 2.24) is 9.38 Å². The largest absolute Gasteiger partial charge is 0.392 e. The third-order valence-electron chi connectivity index (χ3n) is 1.88. The molecule has 1 N–H and O–H groups in total. The number of hydrogen-bond donors (Lipinski definition) is 1. The van der Waals surface area contributed by atoms with Crippen LogP contribution in [0.5, 0.6) is 0 Å². The minimum Gasteiger partial charge on any atom is -0.392 e. The van der Waals surface area contributed by atoms with Crippen molar-refractivity contribution >= 4 is 17.2 Å². The van der Waals surface area contributed by atoms with E-state index < -0.39 is 0 Å². The van der Waals surface area contributed by atoms with Crippen LogP contribution in [0.4, 0.5) is 0 Å². The monoisotopic (exact) mass is 196 g/mol. The van der Waals surface area contributed by atoms with Crippen LogP contribution in [0.2, 0.25) is 0 Å². The molecule has 0 radical (unpaired) electrons. The zero-order chi connectivity index (χ0) is 9.26. The smallest absolute Gasteiger partial charge is 0.137 e. The summed E-state index contributed by atoms with van der Waals surface area (Å²) in [5.41, 5.74) is 2.57. The maximum atomic E-state index is 8.90. The van der Waals surface area contributed by atoms with Crippen LogP contribution < -0.4 is 0 Å². The molecule has 2 aromatic rings. The average molecular weight is 197 g/mol. The Hall–Kier alpha value is -1.06. The zero-order valence-corrected chi connectivity index (χ0v) is 7.70. The Balaban J connectivity index is 2.57. The maximum absolute atomic E-state index is 8.90. The molecule has 0 aromatic carbocycles. The molecular formula is C9H9ClN2O. The first-order valence-corrected chi connectivity index (χ1v) is 4.50. The van der Waals surface area contributed by atoms with Gasteiger partial charge in [0.2, 0.25) is 0 Å². The molecule has 13 heavy (non-hydrogen) atoms. The van der Waals surface area contributed by atoms with Gasteiger partial charge in [-0.25, -0.2) is 4.98 Å². The van der Waals surface area contributed by atoms with Crippen molar-refractivity contribution in [2.24, 2.45) is 0 Å². The predicted molar refractivity (Wildman–Crippen MR) is 50.7 cm³/mol. The number of rotatable bonds is 2. The van der Waals surface area contributed by atoms with E-state index in [2.05, 4.69) is 4.98 Å². The van der Waals surface area contributed by atoms with Crippen LogP contribution in [0.25, 0.3) is 5.65 Å². The Morgan fingerprint density at radius 1 is 1.38 bits per heavy atom. The van der Waals surface area contributed by atoms with Crippen LogP contribution in [0.15, 0.2) is 24.5 Å². The van der Waals surface area contributed by atoms with E-state index in [1.54, 1.807) is 0 Å². The maximum Gasteiger partial charge on any atom is 0.137 e. The topological polar surface area (TPSA) is 37.5 Å². The van der Waals surface area contributed by atoms with E-state index in [0.29, 0.717) is 5.88 Å². The second-order valence-electron chi connectivity index (χ2n) is 2.83. The van der Waals surface area contributed by atoms with Crippen molar-refractivity contribution < 1.29 is 5.11 Å². The SMILES string of the molecule is OCc1ccc2nc(CCl)cn2c1. The number of halogens is 1. The van der Waals surface area contributed by atoms with Crippen molar-refractivity contribution in [2.75, 3.05) is 0 Å². The first-order chi connectivity index (χ1) is 6.33. The summed E-state index contributed by atoms with van der Waals surface area (Å²) in [5.74, 6) is 0.413. The number of aliphatic hydroxyl groups excluding tert-OH is 1. The predicted octanol–water partition coefficient (Wildman–Crippen LogP) is 1.57. The molecule has 0 aliphatic heterocycles. The van der Waals surface area contributed by atoms with Gasteiger partial charge in [-0.3, -0.25) is 0 Å². The van der Waals surface area contributed by atoms with E-state index in [4.69, 9.17) is 16.7 Å². The van der Waals surface area contributed by atoms with Gasteiger partial charge in [-0.1, -0.05) is 6.07 Å². The number of alkyl halides is 1. The van der Waals surface area contributed by atoms with Crippen molar-refractivity contribution in [2.45, 2.75) is 12.5 Å². The molecular weight excluding hydrogens is 188 g/mol. The standard InChI is InChI=1S/C9H9ClN2O/c10-3-8-5-12-4-7(6-13)1-2-9(12)11-8/h1-2,4-5,13H,3,6H2. The van der Waals surface area contributed by atoms with Gasteiger partial charge in [0, 0.05) is 12.4 Å². The highest BCUT2D eigenvalue weighted by Gasteiger charge is 2.00. The molecule has 0 spiro atoms. The molecule has 0 saturated carbocycles. The lowest BCUT2D eigenvalue weighted by atomic mass is 10.3. The summed E-state index contributed by atoms with van der Waals surface area (Å²) in [4.78, 5) is 4.26. The van der Waals surface area contributed by atoms with Crippen LogP contribution in [-0.4, -0.2) is 14.5 Å². The lowest BCUT2D eigenvalue weighted by Crippen LogP contribution is -1.88. The molecule has 0 fully saturated rings. The fourth-order valence-electron chi connectivity index (χ4n) is 1.25. The van der Waals surface area contributed by atoms with Crippen LogP contribution in [0.1, 0.15) is 11.3 Å². The number of hydrogen-bond acceptors (Lipinski definition) is 2. The summed E-state index contributed by atoms with van der Waals surface area (Å²) in [6.07, 6.45) is 3.71. The van der Waals surface area contributed by atoms with Gasteiger partial charge in [-0.2, -0.15) is 0 Å². The van der Waals surface area contributed by atoms with Crippen molar-refractivity contribution in [1.29, 1.82) is 0 Å². The Kier molecular flexibility index (Phi) is 2.20. The third-order valence-corrected chi connectivity index (χ3v) is 2.16. The molecule has 68 valence electrons. The summed E-state index contributed by atoms with van der Waals surface area (Å²) in [7, 11) is 0. The lowest BCUT2D eigenvalue weighted by molar-refractivity contribution is 0.281. The molecule has 0 unspecified atom stereocenters. The second-order valence-corrected chi connectivity index (χ2v) is 3.09. The van der Waals surface area contributed by atoms with E-state index in [9.17, 15) is 0 Å². The Morgan fingerprint density at radius 2 is 2.23 bits per heavy atom. The highest BCUT2D eigenvalue weighted by atomic mass is 35.5. The first kappa shape index (κ1) is 8.53. The average Bonchev–Trinajstić information content (AvgIpc) is 2.58.